The standard InChI is InChI=1S/C25H40O5/c1-14(5-8-20(27)30-4)16-6-7-17-21-18(10-12-24(16,17)2)25(3)11-9-15(26)13-19(25)22(28)23(21)29/h14-19,21-22,26,28H,5-13H2,1-4H3/t14-,15-,16-,17+,18+,19+,21+,22+,24-,25-/m1/s1. The van der Waals surface area contributed by atoms with Crippen molar-refractivity contribution in [1.29, 1.82) is 0 Å². The van der Waals surface area contributed by atoms with Gasteiger partial charge in [-0.05, 0) is 85.9 Å². The second-order valence-electron chi connectivity index (χ2n) is 11.4. The Morgan fingerprint density at radius 1 is 1.07 bits per heavy atom. The van der Waals surface area contributed by atoms with Crippen LogP contribution < -0.4 is 0 Å². The Balaban J connectivity index is 1.57. The zero-order chi connectivity index (χ0) is 21.8. The van der Waals surface area contributed by atoms with Crippen molar-refractivity contribution in [3.8, 4) is 0 Å². The number of ether oxygens (including phenoxy) is 1. The molecule has 0 aromatic carbocycles. The van der Waals surface area contributed by atoms with Gasteiger partial charge in [-0.25, -0.2) is 0 Å². The molecule has 0 aromatic heterocycles. The molecular weight excluding hydrogens is 380 g/mol. The zero-order valence-electron chi connectivity index (χ0n) is 19.1. The molecule has 4 fully saturated rings. The smallest absolute Gasteiger partial charge is 0.305 e. The molecule has 0 saturated heterocycles. The van der Waals surface area contributed by atoms with Gasteiger partial charge in [0.25, 0.3) is 0 Å². The number of Topliss-reactive ketones (excluding diaryl/α,β-unsaturated/α-hetero) is 1. The molecule has 170 valence electrons. The minimum absolute atomic E-state index is 0.0481. The summed E-state index contributed by atoms with van der Waals surface area (Å²) in [7, 11) is 1.44. The highest BCUT2D eigenvalue weighted by Crippen LogP contribution is 2.67. The number of aliphatic hydroxyl groups excluding tert-OH is 2. The molecule has 30 heavy (non-hydrogen) atoms. The molecule has 0 radical (unpaired) electrons. The van der Waals surface area contributed by atoms with Crippen LogP contribution in [0.3, 0.4) is 0 Å². The molecule has 10 atom stereocenters. The average molecular weight is 421 g/mol. The van der Waals surface area contributed by atoms with Crippen LogP contribution in [-0.4, -0.2) is 41.3 Å². The topological polar surface area (TPSA) is 83.8 Å². The maximum Gasteiger partial charge on any atom is 0.305 e. The number of hydrogen-bond donors (Lipinski definition) is 2. The van der Waals surface area contributed by atoms with Crippen LogP contribution in [0.15, 0.2) is 0 Å². The zero-order valence-corrected chi connectivity index (χ0v) is 19.1. The lowest BCUT2D eigenvalue weighted by atomic mass is 9.43. The molecule has 5 heteroatoms. The van der Waals surface area contributed by atoms with E-state index in [0.29, 0.717) is 36.5 Å². The summed E-state index contributed by atoms with van der Waals surface area (Å²) in [5.41, 5.74) is 0.0522. The quantitative estimate of drug-likeness (QED) is 0.677. The van der Waals surface area contributed by atoms with Crippen LogP contribution in [0.25, 0.3) is 0 Å². The van der Waals surface area contributed by atoms with Crippen molar-refractivity contribution in [3.05, 3.63) is 0 Å². The fraction of sp³-hybridized carbons (Fsp3) is 0.920. The third kappa shape index (κ3) is 3.26. The van der Waals surface area contributed by atoms with E-state index in [1.807, 2.05) is 0 Å². The van der Waals surface area contributed by atoms with Crippen molar-refractivity contribution in [2.24, 2.45) is 46.3 Å². The van der Waals surface area contributed by atoms with Gasteiger partial charge < -0.3 is 14.9 Å². The molecule has 4 aliphatic rings. The Hall–Kier alpha value is -0.940. The molecule has 0 amide bonds. The Morgan fingerprint density at radius 2 is 1.73 bits per heavy atom. The Kier molecular flexibility index (Phi) is 5.85. The van der Waals surface area contributed by atoms with Crippen molar-refractivity contribution in [2.45, 2.75) is 90.8 Å². The number of esters is 1. The first kappa shape index (κ1) is 22.3. The van der Waals surface area contributed by atoms with E-state index in [1.165, 1.54) is 7.11 Å². The molecule has 4 rings (SSSR count). The second-order valence-corrected chi connectivity index (χ2v) is 11.4. The number of methoxy groups -OCH3 is 1. The van der Waals surface area contributed by atoms with Gasteiger partial charge in [0.05, 0.1) is 13.2 Å². The summed E-state index contributed by atoms with van der Waals surface area (Å²) >= 11 is 0. The van der Waals surface area contributed by atoms with E-state index in [0.717, 1.165) is 44.9 Å². The van der Waals surface area contributed by atoms with Crippen LogP contribution in [-0.2, 0) is 14.3 Å². The highest BCUT2D eigenvalue weighted by Gasteiger charge is 2.65. The molecule has 4 saturated carbocycles. The lowest BCUT2D eigenvalue weighted by Gasteiger charge is -2.61. The first-order valence-electron chi connectivity index (χ1n) is 12.1. The van der Waals surface area contributed by atoms with E-state index < -0.39 is 6.10 Å². The molecule has 4 aliphatic carbocycles. The maximum absolute atomic E-state index is 13.5. The average Bonchev–Trinajstić information content (AvgIpc) is 3.08. The maximum atomic E-state index is 13.5. The predicted octanol–water partition coefficient (Wildman–Crippen LogP) is 3.75. The van der Waals surface area contributed by atoms with E-state index in [-0.39, 0.29) is 40.5 Å². The first-order chi connectivity index (χ1) is 14.1. The van der Waals surface area contributed by atoms with Crippen molar-refractivity contribution < 1.29 is 24.5 Å². The van der Waals surface area contributed by atoms with Gasteiger partial charge >= 0.3 is 5.97 Å². The van der Waals surface area contributed by atoms with Gasteiger partial charge in [-0.2, -0.15) is 0 Å². The molecule has 0 heterocycles. The minimum Gasteiger partial charge on any atom is -0.469 e. The highest BCUT2D eigenvalue weighted by molar-refractivity contribution is 5.87. The van der Waals surface area contributed by atoms with Crippen molar-refractivity contribution in [1.82, 2.24) is 0 Å². The number of carbonyl (C=O) groups is 2. The van der Waals surface area contributed by atoms with Crippen LogP contribution in [0.2, 0.25) is 0 Å². The van der Waals surface area contributed by atoms with Gasteiger partial charge in [0.1, 0.15) is 6.10 Å². The second kappa shape index (κ2) is 7.88. The summed E-state index contributed by atoms with van der Waals surface area (Å²) in [6.07, 6.45) is 6.55. The lowest BCUT2D eigenvalue weighted by Crippen LogP contribution is -2.62. The van der Waals surface area contributed by atoms with Gasteiger partial charge in [-0.15, -0.1) is 0 Å². The largest absolute Gasteiger partial charge is 0.469 e. The fourth-order valence-electron chi connectivity index (χ4n) is 8.59. The van der Waals surface area contributed by atoms with E-state index in [2.05, 4.69) is 20.8 Å². The van der Waals surface area contributed by atoms with E-state index >= 15 is 0 Å². The molecule has 0 bridgehead atoms. The fourth-order valence-corrected chi connectivity index (χ4v) is 8.59. The first-order valence-corrected chi connectivity index (χ1v) is 12.1. The van der Waals surface area contributed by atoms with Crippen LogP contribution in [0.5, 0.6) is 0 Å². The Morgan fingerprint density at radius 3 is 2.43 bits per heavy atom. The summed E-state index contributed by atoms with van der Waals surface area (Å²) in [5.74, 6) is 1.35. The number of rotatable bonds is 4. The van der Waals surface area contributed by atoms with E-state index in [1.54, 1.807) is 0 Å². The highest BCUT2D eigenvalue weighted by atomic mass is 16.5. The Bertz CT molecular complexity index is 691. The number of fused-ring (bicyclic) bond motifs is 5. The minimum atomic E-state index is -0.927. The molecule has 0 spiro atoms. The molecule has 5 nitrogen and oxygen atoms in total. The molecule has 0 aromatic rings. The van der Waals surface area contributed by atoms with Crippen molar-refractivity contribution in [3.63, 3.8) is 0 Å². The van der Waals surface area contributed by atoms with Crippen LogP contribution in [0.4, 0.5) is 0 Å². The summed E-state index contributed by atoms with van der Waals surface area (Å²) in [5, 5.41) is 21.2. The third-order valence-corrected chi connectivity index (χ3v) is 10.3. The normalized spacial score (nSPS) is 49.0. The van der Waals surface area contributed by atoms with Crippen LogP contribution in [0.1, 0.15) is 78.6 Å². The SMILES string of the molecule is COC(=O)CC[C@@H](C)[C@H]1CC[C@H]2[C@@H]3C(=O)[C@@H](O)[C@@H]4C[C@H](O)CC[C@]4(C)[C@H]3CC[C@]12C. The summed E-state index contributed by atoms with van der Waals surface area (Å²) in [4.78, 5) is 25.1. The summed E-state index contributed by atoms with van der Waals surface area (Å²) in [6.45, 7) is 6.91. The van der Waals surface area contributed by atoms with Gasteiger partial charge in [0, 0.05) is 18.3 Å². The van der Waals surface area contributed by atoms with Crippen molar-refractivity contribution in [2.75, 3.05) is 7.11 Å². The number of carbonyl (C=O) groups excluding carboxylic acids is 2. The summed E-state index contributed by atoms with van der Waals surface area (Å²) < 4.78 is 4.83. The van der Waals surface area contributed by atoms with Gasteiger partial charge in [-0.3, -0.25) is 9.59 Å². The van der Waals surface area contributed by atoms with Crippen molar-refractivity contribution >= 4 is 11.8 Å². The molecule has 0 unspecified atom stereocenters. The number of hydrogen-bond acceptors (Lipinski definition) is 5. The van der Waals surface area contributed by atoms with Gasteiger partial charge in [0.15, 0.2) is 5.78 Å². The summed E-state index contributed by atoms with van der Waals surface area (Å²) in [6, 6.07) is 0. The predicted molar refractivity (Wildman–Crippen MR) is 113 cm³/mol. The van der Waals surface area contributed by atoms with E-state index in [4.69, 9.17) is 4.74 Å². The van der Waals surface area contributed by atoms with Gasteiger partial charge in [-0.1, -0.05) is 20.8 Å². The van der Waals surface area contributed by atoms with E-state index in [9.17, 15) is 19.8 Å². The lowest BCUT2D eigenvalue weighted by molar-refractivity contribution is -0.184. The van der Waals surface area contributed by atoms with Crippen LogP contribution >= 0.6 is 0 Å². The molecule has 2 N–H and O–H groups in total. The number of aliphatic hydroxyl groups is 2. The molecular formula is C25H40O5. The third-order valence-electron chi connectivity index (χ3n) is 10.3. The monoisotopic (exact) mass is 420 g/mol. The number of ketones is 1. The van der Waals surface area contributed by atoms with Crippen LogP contribution in [0, 0.1) is 46.3 Å². The Labute approximate surface area is 180 Å². The molecule has 0 aliphatic heterocycles. The van der Waals surface area contributed by atoms with Gasteiger partial charge in [0.2, 0.25) is 0 Å².